The Labute approximate surface area is 120 Å². The van der Waals surface area contributed by atoms with Gasteiger partial charge < -0.3 is 11.1 Å². The van der Waals surface area contributed by atoms with E-state index in [1.807, 2.05) is 45.0 Å². The lowest BCUT2D eigenvalue weighted by Crippen LogP contribution is -2.46. The molecule has 0 unspecified atom stereocenters. The minimum absolute atomic E-state index is 0.0208. The molecule has 0 bridgehead atoms. The first-order chi connectivity index (χ1) is 8.99. The highest BCUT2D eigenvalue weighted by Crippen LogP contribution is 2.27. The molecule has 0 saturated carbocycles. The summed E-state index contributed by atoms with van der Waals surface area (Å²) in [4.78, 5) is 12.4. The van der Waals surface area contributed by atoms with Crippen LogP contribution in [-0.2, 0) is 4.79 Å². The molecule has 0 fully saturated rings. The number of carbonyl (C=O) groups is 1. The van der Waals surface area contributed by atoms with Crippen LogP contribution in [0.15, 0.2) is 24.3 Å². The molecule has 0 saturated heterocycles. The second kappa shape index (κ2) is 6.92. The van der Waals surface area contributed by atoms with Crippen molar-refractivity contribution in [3.8, 4) is 0 Å². The molecule has 1 aromatic carbocycles. The summed E-state index contributed by atoms with van der Waals surface area (Å²) in [6, 6.07) is 7.46. The van der Waals surface area contributed by atoms with E-state index in [9.17, 15) is 4.79 Å². The van der Waals surface area contributed by atoms with Gasteiger partial charge in [0, 0.05) is 11.6 Å². The summed E-state index contributed by atoms with van der Waals surface area (Å²) < 4.78 is 0. The van der Waals surface area contributed by atoms with Gasteiger partial charge in [-0.25, -0.2) is 0 Å². The summed E-state index contributed by atoms with van der Waals surface area (Å²) in [6.45, 7) is 6.32. The van der Waals surface area contributed by atoms with E-state index in [1.54, 1.807) is 0 Å². The standard InChI is InChI=1S/C15H23ClN2O/c1-4-15(5-2,10-17)14(19)18-11(3)12-7-6-8-13(16)9-12/h6-9,11H,4-5,10,17H2,1-3H3,(H,18,19)/t11-/m1/s1. The van der Waals surface area contributed by atoms with E-state index < -0.39 is 5.41 Å². The Morgan fingerprint density at radius 1 is 1.42 bits per heavy atom. The molecule has 1 atom stereocenters. The lowest BCUT2D eigenvalue weighted by atomic mass is 9.81. The Bertz CT molecular complexity index is 422. The van der Waals surface area contributed by atoms with Gasteiger partial charge in [-0.3, -0.25) is 4.79 Å². The van der Waals surface area contributed by atoms with Crippen LogP contribution in [0, 0.1) is 5.41 Å². The van der Waals surface area contributed by atoms with Gasteiger partial charge in [-0.05, 0) is 37.5 Å². The van der Waals surface area contributed by atoms with Crippen molar-refractivity contribution in [1.29, 1.82) is 0 Å². The summed E-state index contributed by atoms with van der Waals surface area (Å²) in [7, 11) is 0. The first-order valence-corrected chi connectivity index (χ1v) is 7.13. The highest BCUT2D eigenvalue weighted by atomic mass is 35.5. The third kappa shape index (κ3) is 3.71. The van der Waals surface area contributed by atoms with Gasteiger partial charge in [-0.15, -0.1) is 0 Å². The monoisotopic (exact) mass is 282 g/mol. The van der Waals surface area contributed by atoms with Crippen LogP contribution in [-0.4, -0.2) is 12.5 Å². The fourth-order valence-corrected chi connectivity index (χ4v) is 2.36. The van der Waals surface area contributed by atoms with E-state index in [2.05, 4.69) is 5.32 Å². The van der Waals surface area contributed by atoms with Crippen molar-refractivity contribution in [3.05, 3.63) is 34.9 Å². The molecule has 106 valence electrons. The van der Waals surface area contributed by atoms with Crippen LogP contribution < -0.4 is 11.1 Å². The molecule has 4 heteroatoms. The zero-order valence-corrected chi connectivity index (χ0v) is 12.6. The highest BCUT2D eigenvalue weighted by molar-refractivity contribution is 6.30. The fourth-order valence-electron chi connectivity index (χ4n) is 2.16. The Morgan fingerprint density at radius 3 is 2.53 bits per heavy atom. The Hall–Kier alpha value is -1.06. The quantitative estimate of drug-likeness (QED) is 0.841. The summed E-state index contributed by atoms with van der Waals surface area (Å²) in [5.41, 5.74) is 6.32. The molecular weight excluding hydrogens is 260 g/mol. The van der Waals surface area contributed by atoms with Gasteiger partial charge in [-0.1, -0.05) is 37.6 Å². The van der Waals surface area contributed by atoms with Crippen molar-refractivity contribution >= 4 is 17.5 Å². The Balaban J connectivity index is 2.81. The maximum atomic E-state index is 12.4. The van der Waals surface area contributed by atoms with Crippen molar-refractivity contribution in [3.63, 3.8) is 0 Å². The van der Waals surface area contributed by atoms with Crippen LogP contribution in [0.2, 0.25) is 5.02 Å². The SMILES string of the molecule is CCC(CC)(CN)C(=O)N[C@H](C)c1cccc(Cl)c1. The number of hydrogen-bond acceptors (Lipinski definition) is 2. The maximum absolute atomic E-state index is 12.4. The van der Waals surface area contributed by atoms with Crippen LogP contribution in [0.1, 0.15) is 45.2 Å². The van der Waals surface area contributed by atoms with E-state index >= 15 is 0 Å². The number of nitrogens with two attached hydrogens (primary N) is 1. The second-order valence-electron chi connectivity index (χ2n) is 4.94. The van der Waals surface area contributed by atoms with E-state index in [0.29, 0.717) is 11.6 Å². The average molecular weight is 283 g/mol. The first-order valence-electron chi connectivity index (χ1n) is 6.75. The van der Waals surface area contributed by atoms with Crippen LogP contribution in [0.5, 0.6) is 0 Å². The Kier molecular flexibility index (Phi) is 5.83. The van der Waals surface area contributed by atoms with Crippen LogP contribution >= 0.6 is 11.6 Å². The number of amides is 1. The maximum Gasteiger partial charge on any atom is 0.227 e. The van der Waals surface area contributed by atoms with Crippen LogP contribution in [0.25, 0.3) is 0 Å². The van der Waals surface area contributed by atoms with Crippen molar-refractivity contribution < 1.29 is 4.79 Å². The van der Waals surface area contributed by atoms with E-state index in [-0.39, 0.29) is 11.9 Å². The van der Waals surface area contributed by atoms with Gasteiger partial charge in [0.1, 0.15) is 0 Å². The molecular formula is C15H23ClN2O. The molecule has 0 spiro atoms. The van der Waals surface area contributed by atoms with E-state index in [4.69, 9.17) is 17.3 Å². The molecule has 0 heterocycles. The zero-order valence-electron chi connectivity index (χ0n) is 11.9. The summed E-state index contributed by atoms with van der Waals surface area (Å²) >= 11 is 5.96. The Morgan fingerprint density at radius 2 is 2.05 bits per heavy atom. The predicted molar refractivity (Wildman–Crippen MR) is 80.1 cm³/mol. The summed E-state index contributed by atoms with van der Waals surface area (Å²) in [5, 5.41) is 3.72. The van der Waals surface area contributed by atoms with Crippen molar-refractivity contribution in [2.75, 3.05) is 6.54 Å². The molecule has 0 aromatic heterocycles. The van der Waals surface area contributed by atoms with E-state index in [0.717, 1.165) is 18.4 Å². The molecule has 3 N–H and O–H groups in total. The molecule has 0 aliphatic heterocycles. The lowest BCUT2D eigenvalue weighted by Gasteiger charge is -2.30. The zero-order chi connectivity index (χ0) is 14.5. The largest absolute Gasteiger partial charge is 0.349 e. The van der Waals surface area contributed by atoms with Gasteiger partial charge in [0.25, 0.3) is 0 Å². The summed E-state index contributed by atoms with van der Waals surface area (Å²) in [6.07, 6.45) is 1.49. The molecule has 0 radical (unpaired) electrons. The molecule has 0 aliphatic rings. The minimum atomic E-state index is -0.465. The molecule has 3 nitrogen and oxygen atoms in total. The lowest BCUT2D eigenvalue weighted by molar-refractivity contribution is -0.131. The minimum Gasteiger partial charge on any atom is -0.349 e. The van der Waals surface area contributed by atoms with Crippen molar-refractivity contribution in [1.82, 2.24) is 5.32 Å². The van der Waals surface area contributed by atoms with E-state index in [1.165, 1.54) is 0 Å². The van der Waals surface area contributed by atoms with Gasteiger partial charge in [-0.2, -0.15) is 0 Å². The van der Waals surface area contributed by atoms with Crippen molar-refractivity contribution in [2.45, 2.75) is 39.7 Å². The topological polar surface area (TPSA) is 55.1 Å². The third-order valence-electron chi connectivity index (χ3n) is 3.92. The normalized spacial score (nSPS) is 13.1. The fraction of sp³-hybridized carbons (Fsp3) is 0.533. The second-order valence-corrected chi connectivity index (χ2v) is 5.38. The molecule has 1 aromatic rings. The van der Waals surface area contributed by atoms with Crippen LogP contribution in [0.4, 0.5) is 0 Å². The van der Waals surface area contributed by atoms with Gasteiger partial charge in [0.15, 0.2) is 0 Å². The summed E-state index contributed by atoms with van der Waals surface area (Å²) in [5.74, 6) is 0.0208. The molecule has 19 heavy (non-hydrogen) atoms. The predicted octanol–water partition coefficient (Wildman–Crippen LogP) is 3.28. The average Bonchev–Trinajstić information content (AvgIpc) is 2.41. The van der Waals surface area contributed by atoms with Crippen molar-refractivity contribution in [2.24, 2.45) is 11.1 Å². The third-order valence-corrected chi connectivity index (χ3v) is 4.16. The number of nitrogens with one attached hydrogen (secondary N) is 1. The number of halogens is 1. The number of hydrogen-bond donors (Lipinski definition) is 2. The first kappa shape index (κ1) is 16.0. The van der Waals surface area contributed by atoms with Gasteiger partial charge in [0.05, 0.1) is 11.5 Å². The van der Waals surface area contributed by atoms with Gasteiger partial charge in [0.2, 0.25) is 5.91 Å². The number of carbonyl (C=O) groups excluding carboxylic acids is 1. The van der Waals surface area contributed by atoms with Crippen LogP contribution in [0.3, 0.4) is 0 Å². The number of rotatable bonds is 6. The molecule has 1 rings (SSSR count). The van der Waals surface area contributed by atoms with Gasteiger partial charge >= 0.3 is 0 Å². The molecule has 1 amide bonds. The number of benzene rings is 1. The highest BCUT2D eigenvalue weighted by Gasteiger charge is 2.33. The molecule has 0 aliphatic carbocycles. The smallest absolute Gasteiger partial charge is 0.227 e.